The minimum absolute atomic E-state index is 0.146. The predicted octanol–water partition coefficient (Wildman–Crippen LogP) is 6.18. The van der Waals surface area contributed by atoms with E-state index >= 15 is 0 Å². The van der Waals surface area contributed by atoms with Crippen molar-refractivity contribution in [2.75, 3.05) is 33.6 Å². The smallest absolute Gasteiger partial charge is 0.183 e. The first-order valence-corrected chi connectivity index (χ1v) is 12.9. The fourth-order valence-corrected chi connectivity index (χ4v) is 6.20. The zero-order chi connectivity index (χ0) is 22.3. The second-order valence-electron chi connectivity index (χ2n) is 7.74. The van der Waals surface area contributed by atoms with Crippen LogP contribution in [0.15, 0.2) is 47.9 Å². The van der Waals surface area contributed by atoms with E-state index in [0.29, 0.717) is 0 Å². The van der Waals surface area contributed by atoms with Crippen molar-refractivity contribution in [3.63, 3.8) is 0 Å². The van der Waals surface area contributed by atoms with Crippen molar-refractivity contribution in [3.05, 3.63) is 76.0 Å². The van der Waals surface area contributed by atoms with Gasteiger partial charge >= 0.3 is 0 Å². The Kier molecular flexibility index (Phi) is 8.91. The molecular weight excluding hydrogens is 396 g/mol. The molecule has 3 nitrogen and oxygen atoms in total. The fraction of sp³-hybridized carbons (Fsp3) is 0.400. The molecule has 1 atom stereocenters. The first kappa shape index (κ1) is 24.4. The molecule has 1 unspecified atom stereocenters. The van der Waals surface area contributed by atoms with Gasteiger partial charge in [-0.2, -0.15) is 0 Å². The number of halogens is 1. The molecular formula is C25H35FNO2P. The molecule has 0 fully saturated rings. The van der Waals surface area contributed by atoms with E-state index in [4.69, 9.17) is 9.47 Å². The SMILES string of the molecule is CCNC1=C(c2cccc(C(OC)OC)c2)C=P1(C)CC.Cc1cc(C)cc(F)c1. The van der Waals surface area contributed by atoms with E-state index in [1.165, 1.54) is 34.9 Å². The Labute approximate surface area is 181 Å². The molecule has 0 saturated heterocycles. The highest BCUT2D eigenvalue weighted by molar-refractivity contribution is 7.81. The van der Waals surface area contributed by atoms with E-state index in [1.54, 1.807) is 14.2 Å². The van der Waals surface area contributed by atoms with E-state index in [2.05, 4.69) is 49.8 Å². The number of allylic oxidation sites excluding steroid dienone is 1. The van der Waals surface area contributed by atoms with Crippen molar-refractivity contribution >= 4 is 18.3 Å². The molecule has 1 heterocycles. The summed E-state index contributed by atoms with van der Waals surface area (Å²) in [6.07, 6.45) is 0.915. The third-order valence-corrected chi connectivity index (χ3v) is 8.83. The fourth-order valence-electron chi connectivity index (χ4n) is 3.66. The molecule has 0 aromatic heterocycles. The molecule has 0 radical (unpaired) electrons. The number of methoxy groups -OCH3 is 2. The number of hydrogen-bond acceptors (Lipinski definition) is 3. The third kappa shape index (κ3) is 5.85. The minimum Gasteiger partial charge on any atom is -0.385 e. The van der Waals surface area contributed by atoms with Gasteiger partial charge in [-0.25, -0.2) is 4.39 Å². The van der Waals surface area contributed by atoms with Crippen LogP contribution in [-0.4, -0.2) is 39.4 Å². The highest BCUT2D eigenvalue weighted by Crippen LogP contribution is 2.59. The van der Waals surface area contributed by atoms with Gasteiger partial charge in [-0.3, -0.25) is 0 Å². The van der Waals surface area contributed by atoms with Gasteiger partial charge in [-0.1, -0.05) is 38.1 Å². The maximum absolute atomic E-state index is 12.4. The van der Waals surface area contributed by atoms with Crippen LogP contribution in [0.5, 0.6) is 0 Å². The Morgan fingerprint density at radius 1 is 1.00 bits per heavy atom. The zero-order valence-corrected chi connectivity index (χ0v) is 20.1. The Morgan fingerprint density at radius 2 is 1.63 bits per heavy atom. The van der Waals surface area contributed by atoms with Crippen LogP contribution in [-0.2, 0) is 9.47 Å². The van der Waals surface area contributed by atoms with Crippen molar-refractivity contribution < 1.29 is 13.9 Å². The third-order valence-electron chi connectivity index (χ3n) is 5.27. The maximum atomic E-state index is 12.4. The summed E-state index contributed by atoms with van der Waals surface area (Å²) in [4.78, 5) is 0. The standard InChI is InChI=1S/C17H26NO2P.C8H9F/c1-6-18-16-15(12-21(16,5)7-2)13-9-8-10-14(11-13)17(19-3)20-4;1-6-3-7(2)5-8(9)4-6/h8-12,17-18H,6-7H2,1-5H3;3-5H,1-2H3. The number of nitrogens with one attached hydrogen (secondary N) is 1. The Balaban J connectivity index is 0.000000297. The number of aryl methyl sites for hydroxylation is 2. The number of ether oxygens (including phenoxy) is 2. The topological polar surface area (TPSA) is 30.5 Å². The van der Waals surface area contributed by atoms with Crippen LogP contribution < -0.4 is 5.32 Å². The van der Waals surface area contributed by atoms with Crippen molar-refractivity contribution in [1.29, 1.82) is 0 Å². The molecule has 2 aromatic rings. The molecule has 30 heavy (non-hydrogen) atoms. The van der Waals surface area contributed by atoms with Gasteiger partial charge in [-0.15, -0.1) is 0 Å². The summed E-state index contributed by atoms with van der Waals surface area (Å²) >= 11 is 0. The van der Waals surface area contributed by atoms with Gasteiger partial charge in [0.05, 0.1) is 0 Å². The molecule has 5 heteroatoms. The van der Waals surface area contributed by atoms with Crippen molar-refractivity contribution in [2.45, 2.75) is 34.0 Å². The second-order valence-corrected chi connectivity index (χ2v) is 11.6. The highest BCUT2D eigenvalue weighted by atomic mass is 31.2. The summed E-state index contributed by atoms with van der Waals surface area (Å²) in [6, 6.07) is 13.4. The van der Waals surface area contributed by atoms with Gasteiger partial charge in [0.2, 0.25) is 0 Å². The summed E-state index contributed by atoms with van der Waals surface area (Å²) in [6.45, 7) is 10.5. The average Bonchev–Trinajstić information content (AvgIpc) is 2.70. The Morgan fingerprint density at radius 3 is 2.13 bits per heavy atom. The summed E-state index contributed by atoms with van der Waals surface area (Å²) in [7, 11) is 3.33. The van der Waals surface area contributed by atoms with Crippen molar-refractivity contribution in [2.24, 2.45) is 0 Å². The van der Waals surface area contributed by atoms with Crippen LogP contribution in [0.4, 0.5) is 4.39 Å². The van der Waals surface area contributed by atoms with E-state index in [0.717, 1.165) is 23.2 Å². The lowest BCUT2D eigenvalue weighted by Crippen LogP contribution is -2.22. The molecule has 1 aliphatic heterocycles. The van der Waals surface area contributed by atoms with Gasteiger partial charge in [-0.05, 0) is 74.3 Å². The quantitative estimate of drug-likeness (QED) is 0.419. The first-order valence-electron chi connectivity index (χ1n) is 10.4. The number of rotatable bonds is 7. The van der Waals surface area contributed by atoms with Gasteiger partial charge in [0, 0.05) is 37.3 Å². The largest absolute Gasteiger partial charge is 0.385 e. The monoisotopic (exact) mass is 431 g/mol. The van der Waals surface area contributed by atoms with Gasteiger partial charge in [0.15, 0.2) is 6.29 Å². The van der Waals surface area contributed by atoms with Crippen LogP contribution in [0, 0.1) is 19.7 Å². The van der Waals surface area contributed by atoms with Gasteiger partial charge in [0.1, 0.15) is 5.82 Å². The zero-order valence-electron chi connectivity index (χ0n) is 19.3. The summed E-state index contributed by atoms with van der Waals surface area (Å²) < 4.78 is 23.1. The van der Waals surface area contributed by atoms with E-state index in [1.807, 2.05) is 26.0 Å². The molecule has 164 valence electrons. The molecule has 2 aromatic carbocycles. The predicted molar refractivity (Wildman–Crippen MR) is 129 cm³/mol. The molecule has 1 aliphatic rings. The second kappa shape index (κ2) is 10.9. The van der Waals surface area contributed by atoms with Crippen molar-refractivity contribution in [3.8, 4) is 0 Å². The summed E-state index contributed by atoms with van der Waals surface area (Å²) in [5.74, 6) is 2.33. The molecule has 0 bridgehead atoms. The molecule has 1 N–H and O–H groups in total. The van der Waals surface area contributed by atoms with Gasteiger partial charge < -0.3 is 14.8 Å². The summed E-state index contributed by atoms with van der Waals surface area (Å²) in [5, 5.41) is 3.58. The maximum Gasteiger partial charge on any atom is 0.183 e. The highest BCUT2D eigenvalue weighted by Gasteiger charge is 2.28. The van der Waals surface area contributed by atoms with Crippen LogP contribution in [0.3, 0.4) is 0 Å². The summed E-state index contributed by atoms with van der Waals surface area (Å²) in [5.41, 5.74) is 7.06. The molecule has 0 aliphatic carbocycles. The average molecular weight is 432 g/mol. The molecule has 0 spiro atoms. The van der Waals surface area contributed by atoms with E-state index in [9.17, 15) is 4.39 Å². The van der Waals surface area contributed by atoms with Gasteiger partial charge in [0.25, 0.3) is 0 Å². The normalized spacial score (nSPS) is 17.8. The van der Waals surface area contributed by atoms with Crippen LogP contribution in [0.25, 0.3) is 5.57 Å². The Hall–Kier alpha value is -1.87. The van der Waals surface area contributed by atoms with Crippen LogP contribution in [0.2, 0.25) is 0 Å². The lowest BCUT2D eigenvalue weighted by molar-refractivity contribution is -0.106. The molecule has 0 saturated carbocycles. The molecule has 3 rings (SSSR count). The van der Waals surface area contributed by atoms with E-state index < -0.39 is 6.89 Å². The minimum atomic E-state index is -1.04. The van der Waals surface area contributed by atoms with Crippen molar-refractivity contribution in [1.82, 2.24) is 5.32 Å². The van der Waals surface area contributed by atoms with Crippen LogP contribution in [0.1, 0.15) is 42.4 Å². The molecule has 0 amide bonds. The number of hydrogen-bond donors (Lipinski definition) is 1. The lowest BCUT2D eigenvalue weighted by atomic mass is 10.0. The van der Waals surface area contributed by atoms with Crippen LogP contribution >= 0.6 is 6.89 Å². The Bertz CT molecular complexity index is 897. The lowest BCUT2D eigenvalue weighted by Gasteiger charge is -2.35. The number of benzene rings is 2. The van der Waals surface area contributed by atoms with E-state index in [-0.39, 0.29) is 12.1 Å². The first-order chi connectivity index (χ1) is 14.3.